The Bertz CT molecular complexity index is 898. The lowest BCUT2D eigenvalue weighted by atomic mass is 9.63. The van der Waals surface area contributed by atoms with Gasteiger partial charge >= 0.3 is 0 Å². The fourth-order valence-corrected chi connectivity index (χ4v) is 4.17. The number of nitro benzene ring substituents is 1. The average Bonchev–Trinajstić information content (AvgIpc) is 2.93. The third kappa shape index (κ3) is 2.32. The monoisotopic (exact) mass is 350 g/mol. The van der Waals surface area contributed by atoms with E-state index in [0.717, 1.165) is 30.1 Å². The van der Waals surface area contributed by atoms with Gasteiger partial charge in [0.25, 0.3) is 17.5 Å². The fourth-order valence-electron chi connectivity index (χ4n) is 4.17. The van der Waals surface area contributed by atoms with Crippen molar-refractivity contribution in [1.29, 1.82) is 5.26 Å². The Kier molecular flexibility index (Phi) is 3.65. The molecule has 4 aliphatic rings. The summed E-state index contributed by atoms with van der Waals surface area (Å²) in [5, 5.41) is 24.9. The molecule has 2 fully saturated rings. The number of hydrogen-bond acceptors (Lipinski definition) is 6. The van der Waals surface area contributed by atoms with Gasteiger partial charge in [-0.2, -0.15) is 15.4 Å². The van der Waals surface area contributed by atoms with Crippen molar-refractivity contribution in [2.24, 2.45) is 28.8 Å². The maximum atomic E-state index is 12.7. The van der Waals surface area contributed by atoms with Crippen molar-refractivity contribution in [3.05, 3.63) is 51.6 Å². The molecule has 2 amide bonds. The Labute approximate surface area is 148 Å². The van der Waals surface area contributed by atoms with Crippen molar-refractivity contribution >= 4 is 23.7 Å². The first-order valence-electron chi connectivity index (χ1n) is 8.30. The summed E-state index contributed by atoms with van der Waals surface area (Å²) in [6.07, 6.45) is 6.94. The number of benzene rings is 1. The minimum atomic E-state index is -0.625. The predicted molar refractivity (Wildman–Crippen MR) is 89.6 cm³/mol. The largest absolute Gasteiger partial charge is 0.279 e. The van der Waals surface area contributed by atoms with E-state index in [4.69, 9.17) is 5.26 Å². The molecule has 26 heavy (non-hydrogen) atoms. The summed E-state index contributed by atoms with van der Waals surface area (Å²) >= 11 is 0. The minimum Gasteiger partial charge on any atom is -0.272 e. The Hall–Kier alpha value is -3.34. The van der Waals surface area contributed by atoms with E-state index in [1.54, 1.807) is 0 Å². The Balaban J connectivity index is 1.64. The molecule has 1 aliphatic heterocycles. The summed E-state index contributed by atoms with van der Waals surface area (Å²) in [5.74, 6) is -1.31. The van der Waals surface area contributed by atoms with Gasteiger partial charge in [-0.05, 0) is 36.8 Å². The summed E-state index contributed by atoms with van der Waals surface area (Å²) in [5.41, 5.74) is -0.0209. The van der Waals surface area contributed by atoms with Crippen LogP contribution in [0.5, 0.6) is 0 Å². The number of rotatable bonds is 3. The lowest BCUT2D eigenvalue weighted by molar-refractivity contribution is -0.385. The molecule has 1 saturated heterocycles. The van der Waals surface area contributed by atoms with E-state index in [0.29, 0.717) is 0 Å². The first-order chi connectivity index (χ1) is 12.5. The molecule has 0 radical (unpaired) electrons. The topological polar surface area (TPSA) is 117 Å². The van der Waals surface area contributed by atoms with Crippen LogP contribution in [0.15, 0.2) is 35.5 Å². The standard InChI is InChI=1S/C18H14N4O4/c19-8-10-1-2-13(14(7-10)22(25)26)9-20-21-17(23)15-11-3-4-12(6-5-11)16(15)18(21)24/h1-4,7,9,11-12,15-16H,5-6H2/b20-9-/t11-,12-,15+,16+/m0/s1. The molecule has 8 nitrogen and oxygen atoms in total. The molecule has 0 aromatic heterocycles. The number of carbonyl (C=O) groups excluding carboxylic acids is 2. The lowest BCUT2D eigenvalue weighted by Crippen LogP contribution is -2.38. The molecule has 1 saturated carbocycles. The number of imide groups is 1. The normalized spacial score (nSPS) is 29.3. The number of carbonyl (C=O) groups is 2. The van der Waals surface area contributed by atoms with Crippen LogP contribution < -0.4 is 0 Å². The van der Waals surface area contributed by atoms with Gasteiger partial charge in [-0.25, -0.2) is 0 Å². The van der Waals surface area contributed by atoms with Crippen molar-refractivity contribution < 1.29 is 14.5 Å². The Morgan fingerprint density at radius 1 is 1.19 bits per heavy atom. The number of hydrogen-bond donors (Lipinski definition) is 0. The van der Waals surface area contributed by atoms with Crippen LogP contribution in [-0.4, -0.2) is 28.0 Å². The number of nitriles is 1. The van der Waals surface area contributed by atoms with E-state index in [9.17, 15) is 19.7 Å². The number of hydrazone groups is 1. The highest BCUT2D eigenvalue weighted by molar-refractivity contribution is 6.06. The molecule has 0 N–H and O–H groups in total. The number of fused-ring (bicyclic) bond motifs is 1. The van der Waals surface area contributed by atoms with E-state index < -0.39 is 4.92 Å². The Morgan fingerprint density at radius 2 is 1.81 bits per heavy atom. The predicted octanol–water partition coefficient (Wildman–Crippen LogP) is 2.00. The van der Waals surface area contributed by atoms with Gasteiger partial charge in [0.15, 0.2) is 0 Å². The quantitative estimate of drug-likeness (QED) is 0.272. The molecule has 1 aromatic carbocycles. The van der Waals surface area contributed by atoms with E-state index >= 15 is 0 Å². The van der Waals surface area contributed by atoms with Gasteiger partial charge in [0.1, 0.15) is 0 Å². The number of amides is 2. The molecule has 130 valence electrons. The van der Waals surface area contributed by atoms with E-state index in [-0.39, 0.29) is 52.3 Å². The van der Waals surface area contributed by atoms with Gasteiger partial charge in [-0.3, -0.25) is 19.7 Å². The van der Waals surface area contributed by atoms with Crippen LogP contribution >= 0.6 is 0 Å². The van der Waals surface area contributed by atoms with Gasteiger partial charge < -0.3 is 0 Å². The first-order valence-corrected chi connectivity index (χ1v) is 8.30. The van der Waals surface area contributed by atoms with Crippen molar-refractivity contribution in [1.82, 2.24) is 5.01 Å². The zero-order chi connectivity index (χ0) is 18.4. The highest BCUT2D eigenvalue weighted by atomic mass is 16.6. The summed E-state index contributed by atoms with van der Waals surface area (Å²) in [6, 6.07) is 5.78. The maximum Gasteiger partial charge on any atom is 0.279 e. The van der Waals surface area contributed by atoms with E-state index in [2.05, 4.69) is 5.10 Å². The van der Waals surface area contributed by atoms with Crippen LogP contribution in [0.4, 0.5) is 5.69 Å². The molecule has 3 aliphatic carbocycles. The molecule has 5 rings (SSSR count). The minimum absolute atomic E-state index is 0.0610. The molecule has 1 aromatic rings. The smallest absolute Gasteiger partial charge is 0.272 e. The fraction of sp³-hybridized carbons (Fsp3) is 0.333. The van der Waals surface area contributed by atoms with Gasteiger partial charge in [0, 0.05) is 6.07 Å². The van der Waals surface area contributed by atoms with Crippen molar-refractivity contribution in [2.75, 3.05) is 0 Å². The second-order valence-corrected chi connectivity index (χ2v) is 6.72. The van der Waals surface area contributed by atoms with E-state index in [1.165, 1.54) is 12.1 Å². The van der Waals surface area contributed by atoms with Crippen LogP contribution in [0.25, 0.3) is 0 Å². The SMILES string of the molecule is N#Cc1ccc(/C=N\N2C(=O)[C@H]3[C@H](C2=O)[C@H]2C=C[C@H]3CC2)c([N+](=O)[O-])c1. The van der Waals surface area contributed by atoms with Crippen LogP contribution in [0.2, 0.25) is 0 Å². The van der Waals surface area contributed by atoms with Gasteiger partial charge in [-0.15, -0.1) is 0 Å². The summed E-state index contributed by atoms with van der Waals surface area (Å²) in [4.78, 5) is 35.9. The second-order valence-electron chi connectivity index (χ2n) is 6.72. The molecular weight excluding hydrogens is 336 g/mol. The Morgan fingerprint density at radius 3 is 2.31 bits per heavy atom. The summed E-state index contributed by atoms with van der Waals surface area (Å²) in [7, 11) is 0. The number of nitrogens with zero attached hydrogens (tertiary/aromatic N) is 4. The van der Waals surface area contributed by atoms with Crippen molar-refractivity contribution in [2.45, 2.75) is 12.8 Å². The second kappa shape index (κ2) is 5.88. The van der Waals surface area contributed by atoms with Gasteiger partial charge in [-0.1, -0.05) is 12.2 Å². The molecule has 0 spiro atoms. The molecule has 8 heteroatoms. The van der Waals surface area contributed by atoms with Gasteiger partial charge in [0.05, 0.1) is 40.2 Å². The molecule has 1 heterocycles. The van der Waals surface area contributed by atoms with E-state index in [1.807, 2.05) is 18.2 Å². The average molecular weight is 350 g/mol. The molecule has 0 unspecified atom stereocenters. The summed E-state index contributed by atoms with van der Waals surface area (Å²) in [6.45, 7) is 0. The lowest BCUT2D eigenvalue weighted by Gasteiger charge is -2.37. The zero-order valence-corrected chi connectivity index (χ0v) is 13.6. The van der Waals surface area contributed by atoms with Crippen LogP contribution in [-0.2, 0) is 9.59 Å². The van der Waals surface area contributed by atoms with Crippen LogP contribution in [0.1, 0.15) is 24.0 Å². The highest BCUT2D eigenvalue weighted by Gasteiger charge is 2.56. The zero-order valence-electron chi connectivity index (χ0n) is 13.6. The third-order valence-corrected chi connectivity index (χ3v) is 5.40. The summed E-state index contributed by atoms with van der Waals surface area (Å²) < 4.78 is 0. The van der Waals surface area contributed by atoms with Gasteiger partial charge in [0.2, 0.25) is 0 Å². The number of nitro groups is 1. The molecule has 4 atom stereocenters. The van der Waals surface area contributed by atoms with Crippen LogP contribution in [0.3, 0.4) is 0 Å². The van der Waals surface area contributed by atoms with Crippen molar-refractivity contribution in [3.63, 3.8) is 0 Å². The number of allylic oxidation sites excluding steroid dienone is 2. The molecule has 2 bridgehead atoms. The third-order valence-electron chi connectivity index (χ3n) is 5.40. The van der Waals surface area contributed by atoms with Crippen LogP contribution in [0, 0.1) is 45.1 Å². The maximum absolute atomic E-state index is 12.7. The van der Waals surface area contributed by atoms with Crippen molar-refractivity contribution in [3.8, 4) is 6.07 Å². The molecular formula is C18H14N4O4. The highest BCUT2D eigenvalue weighted by Crippen LogP contribution is 2.49. The first kappa shape index (κ1) is 16.1.